The second-order valence-corrected chi connectivity index (χ2v) is 19.0. The number of benzene rings is 3. The molecule has 0 saturated heterocycles. The van der Waals surface area contributed by atoms with Crippen LogP contribution in [0, 0.1) is 24.7 Å². The lowest BCUT2D eigenvalue weighted by Crippen LogP contribution is -2.30. The van der Waals surface area contributed by atoms with Crippen molar-refractivity contribution in [3.05, 3.63) is 121 Å². The second-order valence-electron chi connectivity index (χ2n) is 19.0. The van der Waals surface area contributed by atoms with Gasteiger partial charge in [0.1, 0.15) is 29.1 Å². The Bertz CT molecular complexity index is 2160. The molecule has 13 nitrogen and oxygen atoms in total. The maximum atomic E-state index is 12.8. The fourth-order valence-electron chi connectivity index (χ4n) is 9.07. The fourth-order valence-corrected chi connectivity index (χ4v) is 9.07. The van der Waals surface area contributed by atoms with E-state index in [4.69, 9.17) is 38.3 Å². The highest BCUT2D eigenvalue weighted by molar-refractivity contribution is 5.92. The molecule has 0 bridgehead atoms. The molecule has 0 heterocycles. The molecule has 2 aliphatic rings. The molecule has 13 heteroatoms. The summed E-state index contributed by atoms with van der Waals surface area (Å²) in [5, 5.41) is 8.94. The lowest BCUT2D eigenvalue weighted by atomic mass is 9.70. The Morgan fingerprint density at radius 1 is 0.575 bits per heavy atom. The quantitative estimate of drug-likeness (QED) is 0.0220. The molecular formula is C60H80O13. The summed E-state index contributed by atoms with van der Waals surface area (Å²) in [6.07, 6.45) is 25.0. The van der Waals surface area contributed by atoms with Crippen molar-refractivity contribution in [2.45, 2.75) is 148 Å². The van der Waals surface area contributed by atoms with E-state index in [1.165, 1.54) is 64.2 Å². The van der Waals surface area contributed by atoms with Crippen molar-refractivity contribution < 1.29 is 62.2 Å². The summed E-state index contributed by atoms with van der Waals surface area (Å²) in [6, 6.07) is 18.2. The third-order valence-corrected chi connectivity index (χ3v) is 13.4. The van der Waals surface area contributed by atoms with E-state index in [0.717, 1.165) is 94.1 Å². The predicted octanol–water partition coefficient (Wildman–Crippen LogP) is 12.8. The van der Waals surface area contributed by atoms with E-state index in [1.54, 1.807) is 73.7 Å². The minimum absolute atomic E-state index is 0.0300. The van der Waals surface area contributed by atoms with Crippen LogP contribution in [0.1, 0.15) is 162 Å². The number of hydrogen-bond donors (Lipinski definition) is 1. The van der Waals surface area contributed by atoms with Gasteiger partial charge in [-0.3, -0.25) is 0 Å². The van der Waals surface area contributed by atoms with Crippen LogP contribution in [-0.2, 0) is 28.6 Å². The monoisotopic (exact) mass is 1010 g/mol. The first kappa shape index (κ1) is 59.4. The summed E-state index contributed by atoms with van der Waals surface area (Å²) in [6.45, 7) is 15.8. The molecule has 0 spiro atoms. The Morgan fingerprint density at radius 2 is 1.04 bits per heavy atom. The number of aryl methyl sites for hydroxylation is 1. The molecule has 0 unspecified atom stereocenters. The van der Waals surface area contributed by atoms with Gasteiger partial charge in [-0.15, -0.1) is 0 Å². The number of ether oxygens (including phenoxy) is 7. The smallest absolute Gasteiger partial charge is 0.343 e. The number of carbonyl (C=O) groups excluding carboxylic acids is 5. The van der Waals surface area contributed by atoms with Crippen molar-refractivity contribution in [2.24, 2.45) is 17.8 Å². The summed E-state index contributed by atoms with van der Waals surface area (Å²) in [7, 11) is 0. The van der Waals surface area contributed by atoms with Gasteiger partial charge in [0.15, 0.2) is 0 Å². The number of aliphatic hydroxyl groups is 1. The molecule has 0 radical (unpaired) electrons. The Morgan fingerprint density at radius 3 is 1.51 bits per heavy atom. The van der Waals surface area contributed by atoms with E-state index in [2.05, 4.69) is 26.7 Å². The molecule has 2 aliphatic carbocycles. The van der Waals surface area contributed by atoms with E-state index < -0.39 is 29.8 Å². The van der Waals surface area contributed by atoms with Gasteiger partial charge < -0.3 is 38.3 Å². The summed E-state index contributed by atoms with van der Waals surface area (Å²) < 4.78 is 38.0. The highest BCUT2D eigenvalue weighted by Gasteiger charge is 2.32. The number of esters is 5. The third-order valence-electron chi connectivity index (χ3n) is 13.4. The van der Waals surface area contributed by atoms with E-state index in [-0.39, 0.29) is 18.3 Å². The molecular weight excluding hydrogens is 929 g/mol. The number of hydrogen-bond acceptors (Lipinski definition) is 13. The number of unbranched alkanes of at least 4 members (excludes halogenated alkanes) is 8. The van der Waals surface area contributed by atoms with E-state index in [0.29, 0.717) is 66.1 Å². The van der Waals surface area contributed by atoms with Gasteiger partial charge in [0.25, 0.3) is 0 Å². The van der Waals surface area contributed by atoms with Gasteiger partial charge >= 0.3 is 29.8 Å². The molecule has 73 heavy (non-hydrogen) atoms. The molecule has 3 aromatic carbocycles. The SMILES string of the molecule is C=C(CO)C(=O)OC1CCC(C2CCC(CCCCC)CC2)CC1.C=CC(=O)OCCCCCCOc1ccc(C(=O)Oc2ccc(OC(=O)c3ccc(OCCCCCCOC(=O)C=C)cc3)c(C)c2)cc1. The fraction of sp³-hybridized carbons (Fsp3) is 0.517. The van der Waals surface area contributed by atoms with Gasteiger partial charge in [0.2, 0.25) is 0 Å². The van der Waals surface area contributed by atoms with Crippen molar-refractivity contribution in [3.63, 3.8) is 0 Å². The number of carbonyl (C=O) groups is 5. The van der Waals surface area contributed by atoms with Crippen LogP contribution < -0.4 is 18.9 Å². The molecule has 398 valence electrons. The van der Waals surface area contributed by atoms with Crippen LogP contribution in [0.3, 0.4) is 0 Å². The highest BCUT2D eigenvalue weighted by Crippen LogP contribution is 2.41. The largest absolute Gasteiger partial charge is 0.494 e. The van der Waals surface area contributed by atoms with Crippen molar-refractivity contribution >= 4 is 29.8 Å². The summed E-state index contributed by atoms with van der Waals surface area (Å²) in [5.41, 5.74) is 1.52. The van der Waals surface area contributed by atoms with Crippen LogP contribution in [-0.4, -0.2) is 74.1 Å². The van der Waals surface area contributed by atoms with E-state index >= 15 is 0 Å². The number of aliphatic hydroxyl groups excluding tert-OH is 1. The molecule has 2 fully saturated rings. The Hall–Kier alpha value is -6.21. The Kier molecular flexibility index (Phi) is 27.9. The van der Waals surface area contributed by atoms with Gasteiger partial charge in [-0.25, -0.2) is 24.0 Å². The lowest BCUT2D eigenvalue weighted by molar-refractivity contribution is -0.147. The van der Waals surface area contributed by atoms with Gasteiger partial charge in [0, 0.05) is 12.2 Å². The van der Waals surface area contributed by atoms with Crippen LogP contribution in [0.25, 0.3) is 0 Å². The van der Waals surface area contributed by atoms with Crippen molar-refractivity contribution in [1.29, 1.82) is 0 Å². The van der Waals surface area contributed by atoms with Gasteiger partial charge in [0.05, 0.1) is 49.7 Å². The van der Waals surface area contributed by atoms with Crippen LogP contribution >= 0.6 is 0 Å². The molecule has 0 aliphatic heterocycles. The molecule has 3 aromatic rings. The first-order valence-electron chi connectivity index (χ1n) is 26.5. The first-order valence-corrected chi connectivity index (χ1v) is 26.5. The zero-order chi connectivity index (χ0) is 52.6. The molecule has 0 atom stereocenters. The average molecular weight is 1010 g/mol. The third kappa shape index (κ3) is 23.0. The van der Waals surface area contributed by atoms with Crippen molar-refractivity contribution in [2.75, 3.05) is 33.0 Å². The predicted molar refractivity (Wildman–Crippen MR) is 282 cm³/mol. The number of rotatable bonds is 30. The molecule has 1 N–H and O–H groups in total. The molecule has 0 amide bonds. The highest BCUT2D eigenvalue weighted by atomic mass is 16.6. The van der Waals surface area contributed by atoms with Gasteiger partial charge in [-0.1, -0.05) is 65.2 Å². The minimum Gasteiger partial charge on any atom is -0.494 e. The Labute approximate surface area is 433 Å². The normalized spacial score (nSPS) is 17.1. The maximum absolute atomic E-state index is 12.8. The van der Waals surface area contributed by atoms with Gasteiger partial charge in [-0.2, -0.15) is 0 Å². The standard InChI is InChI=1S/C39H44O10.C21H36O3/c1-4-36(40)46-26-12-8-6-10-24-44-32-18-14-30(15-19-32)38(42)48-34-22-23-35(29(3)28-34)49-39(43)31-16-20-33(21-17-31)45-25-11-7-9-13-27-47-37(41)5-2;1-3-4-5-6-17-7-9-18(10-8-17)19-11-13-20(14-12-19)24-21(23)16(2)15-22/h4-5,14-23,28H,1-2,6-13,24-27H2,3H3;17-20,22H,2-15H2,1H3. The van der Waals surface area contributed by atoms with Crippen LogP contribution in [0.4, 0.5) is 0 Å². The van der Waals surface area contributed by atoms with Crippen LogP contribution in [0.2, 0.25) is 0 Å². The first-order chi connectivity index (χ1) is 35.4. The molecule has 5 rings (SSSR count). The molecule has 0 aromatic heterocycles. The average Bonchev–Trinajstić information content (AvgIpc) is 3.41. The molecule has 2 saturated carbocycles. The zero-order valence-corrected chi connectivity index (χ0v) is 43.5. The lowest BCUT2D eigenvalue weighted by Gasteiger charge is -2.37. The topological polar surface area (TPSA) is 170 Å². The second kappa shape index (κ2) is 34.3. The van der Waals surface area contributed by atoms with E-state index in [9.17, 15) is 24.0 Å². The Balaban J connectivity index is 0.000000401. The summed E-state index contributed by atoms with van der Waals surface area (Å²) in [4.78, 5) is 59.2. The van der Waals surface area contributed by atoms with Crippen molar-refractivity contribution in [3.8, 4) is 23.0 Å². The zero-order valence-electron chi connectivity index (χ0n) is 43.5. The van der Waals surface area contributed by atoms with E-state index in [1.807, 2.05) is 0 Å². The van der Waals surface area contributed by atoms with Crippen LogP contribution in [0.15, 0.2) is 104 Å². The van der Waals surface area contributed by atoms with Crippen LogP contribution in [0.5, 0.6) is 23.0 Å². The van der Waals surface area contributed by atoms with Gasteiger partial charge in [-0.05, 0) is 187 Å². The summed E-state index contributed by atoms with van der Waals surface area (Å²) >= 11 is 0. The minimum atomic E-state index is -0.526. The maximum Gasteiger partial charge on any atom is 0.343 e. The summed E-state index contributed by atoms with van der Waals surface area (Å²) in [5.74, 6) is 2.39. The van der Waals surface area contributed by atoms with Crippen molar-refractivity contribution in [1.82, 2.24) is 0 Å².